The molecule has 0 aromatic heterocycles. The van der Waals surface area contributed by atoms with E-state index in [0.29, 0.717) is 11.1 Å². The maximum atomic E-state index is 12.1. The standard InChI is InChI=1S/C17H16N2O5/c1-9-13(17(21)23-3)14(12(8-18)15(19)24-9)10-4-6-11(7-5-10)16(20)22-2/h4-7,14H,19H2,1-3H3/t14-/m0/s1. The Morgan fingerprint density at radius 3 is 2.25 bits per heavy atom. The molecule has 1 aromatic carbocycles. The topological polar surface area (TPSA) is 112 Å². The van der Waals surface area contributed by atoms with E-state index in [1.165, 1.54) is 14.2 Å². The zero-order chi connectivity index (χ0) is 17.9. The minimum absolute atomic E-state index is 0.0651. The molecular weight excluding hydrogens is 312 g/mol. The van der Waals surface area contributed by atoms with Crippen LogP contribution in [0.2, 0.25) is 0 Å². The van der Waals surface area contributed by atoms with Crippen LogP contribution >= 0.6 is 0 Å². The van der Waals surface area contributed by atoms with Gasteiger partial charge in [-0.05, 0) is 24.6 Å². The van der Waals surface area contributed by atoms with Gasteiger partial charge in [0.1, 0.15) is 17.4 Å². The summed E-state index contributed by atoms with van der Waals surface area (Å²) in [6.07, 6.45) is 0. The lowest BCUT2D eigenvalue weighted by molar-refractivity contribution is -0.136. The number of methoxy groups -OCH3 is 2. The molecule has 0 bridgehead atoms. The molecule has 0 saturated heterocycles. The summed E-state index contributed by atoms with van der Waals surface area (Å²) in [7, 11) is 2.53. The molecule has 7 heteroatoms. The number of benzene rings is 1. The molecule has 0 unspecified atom stereocenters. The van der Waals surface area contributed by atoms with Crippen LogP contribution in [-0.4, -0.2) is 26.2 Å². The van der Waals surface area contributed by atoms with Crippen molar-refractivity contribution >= 4 is 11.9 Å². The molecule has 0 spiro atoms. The van der Waals surface area contributed by atoms with Crippen molar-refractivity contribution in [3.05, 3.63) is 58.2 Å². The van der Waals surface area contributed by atoms with Gasteiger partial charge in [-0.15, -0.1) is 0 Å². The molecule has 0 saturated carbocycles. The maximum absolute atomic E-state index is 12.1. The van der Waals surface area contributed by atoms with Crippen LogP contribution in [0, 0.1) is 11.3 Å². The summed E-state index contributed by atoms with van der Waals surface area (Å²) in [4.78, 5) is 23.7. The van der Waals surface area contributed by atoms with E-state index in [1.807, 2.05) is 6.07 Å². The Morgan fingerprint density at radius 1 is 1.17 bits per heavy atom. The number of hydrogen-bond acceptors (Lipinski definition) is 7. The molecule has 1 heterocycles. The van der Waals surface area contributed by atoms with E-state index in [-0.39, 0.29) is 22.8 Å². The molecule has 2 rings (SSSR count). The van der Waals surface area contributed by atoms with E-state index in [1.54, 1.807) is 31.2 Å². The lowest BCUT2D eigenvalue weighted by Crippen LogP contribution is -2.25. The molecule has 24 heavy (non-hydrogen) atoms. The Bertz CT molecular complexity index is 784. The van der Waals surface area contributed by atoms with Crippen LogP contribution in [0.15, 0.2) is 47.1 Å². The zero-order valence-corrected chi connectivity index (χ0v) is 13.5. The normalized spacial score (nSPS) is 17.0. The first-order chi connectivity index (χ1) is 11.4. The second-order valence-corrected chi connectivity index (χ2v) is 5.00. The first-order valence-electron chi connectivity index (χ1n) is 6.99. The van der Waals surface area contributed by atoms with Gasteiger partial charge in [0.05, 0.1) is 31.3 Å². The Hall–Kier alpha value is -3.27. The third-order valence-electron chi connectivity index (χ3n) is 3.68. The van der Waals surface area contributed by atoms with Gasteiger partial charge < -0.3 is 19.9 Å². The fraction of sp³-hybridized carbons (Fsp3) is 0.235. The van der Waals surface area contributed by atoms with Gasteiger partial charge in [-0.25, -0.2) is 9.59 Å². The Balaban J connectivity index is 2.56. The van der Waals surface area contributed by atoms with Crippen molar-refractivity contribution < 1.29 is 23.8 Å². The second kappa shape index (κ2) is 6.87. The van der Waals surface area contributed by atoms with Crippen LogP contribution in [-0.2, 0) is 19.0 Å². The third-order valence-corrected chi connectivity index (χ3v) is 3.68. The largest absolute Gasteiger partial charge is 0.466 e. The van der Waals surface area contributed by atoms with Gasteiger partial charge in [-0.2, -0.15) is 5.26 Å². The smallest absolute Gasteiger partial charge is 0.338 e. The average molecular weight is 328 g/mol. The molecule has 1 atom stereocenters. The number of nitriles is 1. The molecule has 0 amide bonds. The molecule has 7 nitrogen and oxygen atoms in total. The van der Waals surface area contributed by atoms with Crippen molar-refractivity contribution in [1.82, 2.24) is 0 Å². The van der Waals surface area contributed by atoms with E-state index in [2.05, 4.69) is 4.74 Å². The molecule has 0 radical (unpaired) electrons. The van der Waals surface area contributed by atoms with Gasteiger partial charge in [-0.1, -0.05) is 12.1 Å². The number of carbonyl (C=O) groups is 2. The Labute approximate surface area is 138 Å². The van der Waals surface area contributed by atoms with Crippen LogP contribution < -0.4 is 5.73 Å². The lowest BCUT2D eigenvalue weighted by atomic mass is 9.83. The van der Waals surface area contributed by atoms with E-state index < -0.39 is 17.9 Å². The Kier molecular flexibility index (Phi) is 4.90. The molecule has 1 aromatic rings. The van der Waals surface area contributed by atoms with Gasteiger partial charge in [0.15, 0.2) is 0 Å². The van der Waals surface area contributed by atoms with Crippen molar-refractivity contribution in [1.29, 1.82) is 5.26 Å². The van der Waals surface area contributed by atoms with Gasteiger partial charge in [0.2, 0.25) is 5.88 Å². The highest BCUT2D eigenvalue weighted by molar-refractivity contribution is 5.93. The first kappa shape index (κ1) is 17.1. The van der Waals surface area contributed by atoms with E-state index in [0.717, 1.165) is 0 Å². The molecule has 124 valence electrons. The summed E-state index contributed by atoms with van der Waals surface area (Å²) in [5.41, 5.74) is 7.03. The van der Waals surface area contributed by atoms with E-state index >= 15 is 0 Å². The summed E-state index contributed by atoms with van der Waals surface area (Å²) in [5.74, 6) is -1.63. The van der Waals surface area contributed by atoms with Crippen LogP contribution in [0.1, 0.15) is 28.8 Å². The third kappa shape index (κ3) is 2.94. The SMILES string of the molecule is COC(=O)C1=C(C)OC(N)=C(C#N)[C@@H]1c1ccc(C(=O)OC)cc1. The maximum Gasteiger partial charge on any atom is 0.338 e. The predicted octanol–water partition coefficient (Wildman–Crippen LogP) is 1.73. The fourth-order valence-electron chi connectivity index (χ4n) is 2.52. The van der Waals surface area contributed by atoms with Crippen molar-refractivity contribution in [3.8, 4) is 6.07 Å². The number of rotatable bonds is 3. The highest BCUT2D eigenvalue weighted by Crippen LogP contribution is 2.39. The first-order valence-corrected chi connectivity index (χ1v) is 6.99. The Morgan fingerprint density at radius 2 is 1.75 bits per heavy atom. The summed E-state index contributed by atoms with van der Waals surface area (Å²) in [6.45, 7) is 1.57. The van der Waals surface area contributed by atoms with Crippen molar-refractivity contribution in [3.63, 3.8) is 0 Å². The number of carbonyl (C=O) groups excluding carboxylic acids is 2. The molecular formula is C17H16N2O5. The van der Waals surface area contributed by atoms with Crippen molar-refractivity contribution in [2.45, 2.75) is 12.8 Å². The monoisotopic (exact) mass is 328 g/mol. The summed E-state index contributed by atoms with van der Waals surface area (Å²) >= 11 is 0. The van der Waals surface area contributed by atoms with E-state index in [4.69, 9.17) is 15.2 Å². The van der Waals surface area contributed by atoms with Crippen LogP contribution in [0.25, 0.3) is 0 Å². The zero-order valence-electron chi connectivity index (χ0n) is 13.5. The molecule has 0 aliphatic carbocycles. The van der Waals surface area contributed by atoms with Gasteiger partial charge >= 0.3 is 11.9 Å². The van der Waals surface area contributed by atoms with Gasteiger partial charge in [0.25, 0.3) is 0 Å². The molecule has 2 N–H and O–H groups in total. The van der Waals surface area contributed by atoms with Crippen LogP contribution in [0.5, 0.6) is 0 Å². The molecule has 0 fully saturated rings. The summed E-state index contributed by atoms with van der Waals surface area (Å²) < 4.78 is 14.7. The highest BCUT2D eigenvalue weighted by atomic mass is 16.5. The van der Waals surface area contributed by atoms with Crippen LogP contribution in [0.4, 0.5) is 0 Å². The van der Waals surface area contributed by atoms with Gasteiger partial charge in [0, 0.05) is 0 Å². The van der Waals surface area contributed by atoms with E-state index in [9.17, 15) is 14.9 Å². The molecule has 1 aliphatic rings. The number of nitrogens with zero attached hydrogens (tertiary/aromatic N) is 1. The lowest BCUT2D eigenvalue weighted by Gasteiger charge is -2.26. The number of ether oxygens (including phenoxy) is 3. The average Bonchev–Trinajstić information content (AvgIpc) is 2.60. The van der Waals surface area contributed by atoms with Crippen molar-refractivity contribution in [2.75, 3.05) is 14.2 Å². The highest BCUT2D eigenvalue weighted by Gasteiger charge is 2.36. The van der Waals surface area contributed by atoms with Gasteiger partial charge in [-0.3, -0.25) is 0 Å². The quantitative estimate of drug-likeness (QED) is 0.841. The number of hydrogen-bond donors (Lipinski definition) is 1. The number of allylic oxidation sites excluding steroid dienone is 2. The summed E-state index contributed by atoms with van der Waals surface area (Å²) in [5, 5.41) is 9.42. The van der Waals surface area contributed by atoms with Crippen LogP contribution in [0.3, 0.4) is 0 Å². The fourth-order valence-corrected chi connectivity index (χ4v) is 2.52. The molecule has 1 aliphatic heterocycles. The number of nitrogens with two attached hydrogens (primary N) is 1. The minimum atomic E-state index is -0.733. The predicted molar refractivity (Wildman–Crippen MR) is 83.1 cm³/mol. The summed E-state index contributed by atoms with van der Waals surface area (Å²) in [6, 6.07) is 8.33. The van der Waals surface area contributed by atoms with Crippen molar-refractivity contribution in [2.24, 2.45) is 5.73 Å². The number of esters is 2. The second-order valence-electron chi connectivity index (χ2n) is 5.00. The minimum Gasteiger partial charge on any atom is -0.466 e.